The Bertz CT molecular complexity index is 721. The molecule has 0 spiro atoms. The van der Waals surface area contributed by atoms with Gasteiger partial charge < -0.3 is 5.32 Å². The summed E-state index contributed by atoms with van der Waals surface area (Å²) in [6, 6.07) is 7.96. The topological polar surface area (TPSA) is 41.1 Å². The number of hydrogen-bond acceptors (Lipinski definition) is 2. The molecule has 0 aliphatic carbocycles. The van der Waals surface area contributed by atoms with Crippen LogP contribution in [0.4, 0.5) is 14.5 Å². The van der Waals surface area contributed by atoms with E-state index in [0.29, 0.717) is 23.4 Å². The van der Waals surface area contributed by atoms with Crippen LogP contribution in [0.25, 0.3) is 0 Å². The molecule has 1 unspecified atom stereocenters. The van der Waals surface area contributed by atoms with Crippen molar-refractivity contribution in [1.82, 2.24) is 5.32 Å². The largest absolute Gasteiger partial charge is 0.324 e. The minimum absolute atomic E-state index is 0.247. The summed E-state index contributed by atoms with van der Waals surface area (Å²) < 4.78 is 27.1. The molecule has 6 heteroatoms. The molecule has 0 saturated heterocycles. The van der Waals surface area contributed by atoms with E-state index in [1.54, 1.807) is 12.1 Å². The molecule has 0 radical (unpaired) electrons. The van der Waals surface area contributed by atoms with Gasteiger partial charge in [0.1, 0.15) is 17.7 Å². The van der Waals surface area contributed by atoms with Crippen LogP contribution in [0.1, 0.15) is 17.2 Å². The van der Waals surface area contributed by atoms with E-state index in [0.717, 1.165) is 4.47 Å². The smallest absolute Gasteiger partial charge is 0.246 e. The molecular formula is C15H11BrF2N2O. The molecule has 1 amide bonds. The van der Waals surface area contributed by atoms with Gasteiger partial charge in [-0.25, -0.2) is 8.78 Å². The molecular weight excluding hydrogens is 342 g/mol. The van der Waals surface area contributed by atoms with Crippen LogP contribution >= 0.6 is 15.9 Å². The molecule has 2 aromatic rings. The van der Waals surface area contributed by atoms with Crippen LogP contribution < -0.4 is 10.6 Å². The molecule has 1 atom stereocenters. The summed E-state index contributed by atoms with van der Waals surface area (Å²) in [5.74, 6) is -0.987. The third-order valence-corrected chi connectivity index (χ3v) is 4.12. The highest BCUT2D eigenvalue weighted by molar-refractivity contribution is 9.10. The van der Waals surface area contributed by atoms with Gasteiger partial charge in [-0.2, -0.15) is 0 Å². The first-order valence-electron chi connectivity index (χ1n) is 6.32. The fourth-order valence-corrected chi connectivity index (χ4v) is 2.71. The Kier molecular flexibility index (Phi) is 3.73. The van der Waals surface area contributed by atoms with Crippen LogP contribution in [-0.4, -0.2) is 5.91 Å². The number of halogens is 3. The predicted octanol–water partition coefficient (Wildman–Crippen LogP) is 3.51. The standard InChI is InChI=1S/C15H11BrF2N2O/c16-12-4-2-9(17)5-8(12)7-19-14-11-3-1-10(18)6-13(11)20-15(14)21/h1-6,14,19H,7H2,(H,20,21). The molecule has 21 heavy (non-hydrogen) atoms. The average Bonchev–Trinajstić information content (AvgIpc) is 2.74. The SMILES string of the molecule is O=C1Nc2cc(F)ccc2C1NCc1cc(F)ccc1Br. The van der Waals surface area contributed by atoms with E-state index >= 15 is 0 Å². The van der Waals surface area contributed by atoms with Crippen molar-refractivity contribution in [2.24, 2.45) is 0 Å². The lowest BCUT2D eigenvalue weighted by Crippen LogP contribution is -2.27. The van der Waals surface area contributed by atoms with Crippen molar-refractivity contribution in [3.63, 3.8) is 0 Å². The summed E-state index contributed by atoms with van der Waals surface area (Å²) in [5.41, 5.74) is 1.86. The first-order chi connectivity index (χ1) is 10.0. The summed E-state index contributed by atoms with van der Waals surface area (Å²) in [6.07, 6.45) is 0. The lowest BCUT2D eigenvalue weighted by Gasteiger charge is -2.12. The third-order valence-electron chi connectivity index (χ3n) is 3.35. The first-order valence-corrected chi connectivity index (χ1v) is 7.11. The van der Waals surface area contributed by atoms with E-state index in [4.69, 9.17) is 0 Å². The number of hydrogen-bond donors (Lipinski definition) is 2. The van der Waals surface area contributed by atoms with E-state index in [1.807, 2.05) is 0 Å². The van der Waals surface area contributed by atoms with Gasteiger partial charge in [0.05, 0.1) is 0 Å². The normalized spacial score (nSPS) is 16.7. The van der Waals surface area contributed by atoms with Crippen molar-refractivity contribution in [2.75, 3.05) is 5.32 Å². The van der Waals surface area contributed by atoms with Gasteiger partial charge in [-0.15, -0.1) is 0 Å². The Balaban J connectivity index is 1.80. The lowest BCUT2D eigenvalue weighted by molar-refractivity contribution is -0.117. The molecule has 3 nitrogen and oxygen atoms in total. The maximum Gasteiger partial charge on any atom is 0.246 e. The minimum Gasteiger partial charge on any atom is -0.324 e. The Morgan fingerprint density at radius 1 is 1.14 bits per heavy atom. The molecule has 108 valence electrons. The molecule has 1 aliphatic rings. The van der Waals surface area contributed by atoms with Gasteiger partial charge >= 0.3 is 0 Å². The molecule has 1 heterocycles. The average molecular weight is 353 g/mol. The van der Waals surface area contributed by atoms with Gasteiger partial charge in [0, 0.05) is 22.3 Å². The van der Waals surface area contributed by atoms with Crippen LogP contribution in [0.3, 0.4) is 0 Å². The van der Waals surface area contributed by atoms with Crippen molar-refractivity contribution in [3.8, 4) is 0 Å². The van der Waals surface area contributed by atoms with Crippen molar-refractivity contribution >= 4 is 27.5 Å². The van der Waals surface area contributed by atoms with Crippen molar-refractivity contribution in [2.45, 2.75) is 12.6 Å². The molecule has 2 N–H and O–H groups in total. The number of rotatable bonds is 3. The van der Waals surface area contributed by atoms with Crippen LogP contribution in [0.15, 0.2) is 40.9 Å². The number of fused-ring (bicyclic) bond motifs is 1. The van der Waals surface area contributed by atoms with Crippen LogP contribution in [-0.2, 0) is 11.3 Å². The Labute approximate surface area is 128 Å². The van der Waals surface area contributed by atoms with Gasteiger partial charge in [0.2, 0.25) is 5.91 Å². The van der Waals surface area contributed by atoms with Crippen LogP contribution in [0.5, 0.6) is 0 Å². The summed E-state index contributed by atoms with van der Waals surface area (Å²) in [7, 11) is 0. The maximum absolute atomic E-state index is 13.2. The van der Waals surface area contributed by atoms with Gasteiger partial charge in [0.25, 0.3) is 0 Å². The number of nitrogens with one attached hydrogen (secondary N) is 2. The molecule has 0 bridgehead atoms. The van der Waals surface area contributed by atoms with Crippen LogP contribution in [0, 0.1) is 11.6 Å². The van der Waals surface area contributed by atoms with Crippen molar-refractivity contribution < 1.29 is 13.6 Å². The zero-order valence-electron chi connectivity index (χ0n) is 10.8. The number of anilines is 1. The summed E-state index contributed by atoms with van der Waals surface area (Å²) >= 11 is 3.34. The monoisotopic (exact) mass is 352 g/mol. The van der Waals surface area contributed by atoms with E-state index in [-0.39, 0.29) is 11.7 Å². The second kappa shape index (κ2) is 5.54. The Morgan fingerprint density at radius 3 is 2.67 bits per heavy atom. The second-order valence-corrected chi connectivity index (χ2v) is 5.62. The number of benzene rings is 2. The van der Waals surface area contributed by atoms with E-state index < -0.39 is 11.9 Å². The van der Waals surface area contributed by atoms with Crippen molar-refractivity contribution in [3.05, 3.63) is 63.6 Å². The summed E-state index contributed by atoms with van der Waals surface area (Å²) in [4.78, 5) is 11.9. The van der Waals surface area contributed by atoms with E-state index in [2.05, 4.69) is 26.6 Å². The second-order valence-electron chi connectivity index (χ2n) is 4.77. The molecule has 0 aromatic heterocycles. The molecule has 0 saturated carbocycles. The summed E-state index contributed by atoms with van der Waals surface area (Å²) in [5, 5.41) is 5.68. The number of carbonyl (C=O) groups is 1. The molecule has 0 fully saturated rings. The third kappa shape index (κ3) is 2.82. The minimum atomic E-state index is -0.573. The fourth-order valence-electron chi connectivity index (χ4n) is 2.33. The van der Waals surface area contributed by atoms with Crippen LogP contribution in [0.2, 0.25) is 0 Å². The Morgan fingerprint density at radius 2 is 1.86 bits per heavy atom. The highest BCUT2D eigenvalue weighted by Gasteiger charge is 2.30. The van der Waals surface area contributed by atoms with Gasteiger partial charge in [-0.3, -0.25) is 10.1 Å². The van der Waals surface area contributed by atoms with E-state index in [1.165, 1.54) is 24.3 Å². The number of amides is 1. The first kappa shape index (κ1) is 14.2. The van der Waals surface area contributed by atoms with Gasteiger partial charge in [-0.05, 0) is 35.9 Å². The van der Waals surface area contributed by atoms with Gasteiger partial charge in [0.15, 0.2) is 0 Å². The molecule has 1 aliphatic heterocycles. The summed E-state index contributed by atoms with van der Waals surface area (Å²) in [6.45, 7) is 0.313. The maximum atomic E-state index is 13.2. The van der Waals surface area contributed by atoms with Gasteiger partial charge in [-0.1, -0.05) is 22.0 Å². The predicted molar refractivity (Wildman–Crippen MR) is 78.7 cm³/mol. The molecule has 2 aromatic carbocycles. The highest BCUT2D eigenvalue weighted by Crippen LogP contribution is 2.31. The fraction of sp³-hybridized carbons (Fsp3) is 0.133. The molecule has 3 rings (SSSR count). The Hall–Kier alpha value is -1.79. The number of carbonyl (C=O) groups excluding carboxylic acids is 1. The van der Waals surface area contributed by atoms with Crippen molar-refractivity contribution in [1.29, 1.82) is 0 Å². The highest BCUT2D eigenvalue weighted by atomic mass is 79.9. The zero-order valence-corrected chi connectivity index (χ0v) is 12.4. The quantitative estimate of drug-likeness (QED) is 0.887. The van der Waals surface area contributed by atoms with E-state index in [9.17, 15) is 13.6 Å². The zero-order chi connectivity index (χ0) is 15.0. The lowest BCUT2D eigenvalue weighted by atomic mass is 10.1.